The summed E-state index contributed by atoms with van der Waals surface area (Å²) in [5, 5.41) is 6.85. The highest BCUT2D eigenvalue weighted by molar-refractivity contribution is 7.87. The van der Waals surface area contributed by atoms with Crippen LogP contribution in [0.5, 0.6) is 0 Å². The summed E-state index contributed by atoms with van der Waals surface area (Å²) in [4.78, 5) is 8.24. The van der Waals surface area contributed by atoms with Crippen molar-refractivity contribution >= 4 is 10.2 Å². The number of H-pyrrole nitrogens is 1. The lowest BCUT2D eigenvalue weighted by molar-refractivity contribution is 0.148. The Balaban J connectivity index is 1.64. The van der Waals surface area contributed by atoms with Gasteiger partial charge in [0, 0.05) is 37.7 Å². The molecular formula is C14H20N6O3S. The fourth-order valence-electron chi connectivity index (χ4n) is 2.73. The summed E-state index contributed by atoms with van der Waals surface area (Å²) in [7, 11) is -2.00. The Hall–Kier alpha value is -1.88. The van der Waals surface area contributed by atoms with E-state index in [2.05, 4.69) is 24.9 Å². The number of ether oxygens (including phenoxy) is 1. The highest BCUT2D eigenvalue weighted by Gasteiger charge is 2.33. The molecule has 2 aromatic heterocycles. The van der Waals surface area contributed by atoms with Crippen LogP contribution in [0.3, 0.4) is 0 Å². The molecule has 1 atom stereocenters. The number of nitrogens with zero attached hydrogens (tertiary/aromatic N) is 4. The molecular weight excluding hydrogens is 332 g/mol. The third kappa shape index (κ3) is 3.78. The topological polar surface area (TPSA) is 113 Å². The molecule has 0 saturated carbocycles. The molecule has 0 aliphatic carbocycles. The molecule has 130 valence electrons. The van der Waals surface area contributed by atoms with E-state index in [1.807, 2.05) is 0 Å². The lowest BCUT2D eigenvalue weighted by Gasteiger charge is -2.23. The standard InChI is InChI=1S/C14H20N6O3S/c1-23-10-12-3-2-8-20(12)24(21,22)16-9-13-17-14(19-18-13)11-4-6-15-7-5-11/h4-7,12,16H,2-3,8-10H2,1H3,(H,17,18,19)/t12-/m0/s1. The minimum Gasteiger partial charge on any atom is -0.383 e. The summed E-state index contributed by atoms with van der Waals surface area (Å²) in [6.45, 7) is 0.952. The van der Waals surface area contributed by atoms with Gasteiger partial charge in [0.15, 0.2) is 5.82 Å². The lowest BCUT2D eigenvalue weighted by Crippen LogP contribution is -2.44. The maximum absolute atomic E-state index is 12.5. The largest absolute Gasteiger partial charge is 0.383 e. The second-order valence-corrected chi connectivity index (χ2v) is 7.24. The molecule has 24 heavy (non-hydrogen) atoms. The van der Waals surface area contributed by atoms with Crippen molar-refractivity contribution in [3.8, 4) is 11.4 Å². The van der Waals surface area contributed by atoms with E-state index < -0.39 is 10.2 Å². The fraction of sp³-hybridized carbons (Fsp3) is 0.500. The lowest BCUT2D eigenvalue weighted by atomic mass is 10.2. The molecule has 1 aliphatic rings. The van der Waals surface area contributed by atoms with Crippen molar-refractivity contribution in [2.45, 2.75) is 25.4 Å². The molecule has 0 aromatic carbocycles. The zero-order valence-electron chi connectivity index (χ0n) is 13.3. The summed E-state index contributed by atoms with van der Waals surface area (Å²) in [5.74, 6) is 0.956. The Morgan fingerprint density at radius 1 is 1.42 bits per heavy atom. The Morgan fingerprint density at radius 3 is 2.96 bits per heavy atom. The van der Waals surface area contributed by atoms with E-state index in [0.717, 1.165) is 18.4 Å². The second-order valence-electron chi connectivity index (χ2n) is 5.53. The van der Waals surface area contributed by atoms with Crippen molar-refractivity contribution in [3.63, 3.8) is 0 Å². The van der Waals surface area contributed by atoms with Crippen molar-refractivity contribution in [3.05, 3.63) is 30.4 Å². The molecule has 0 radical (unpaired) electrons. The third-order valence-corrected chi connectivity index (χ3v) is 5.49. The van der Waals surface area contributed by atoms with Gasteiger partial charge in [0.05, 0.1) is 13.2 Å². The molecule has 1 saturated heterocycles. The molecule has 10 heteroatoms. The zero-order valence-corrected chi connectivity index (χ0v) is 14.2. The first-order chi connectivity index (χ1) is 11.6. The van der Waals surface area contributed by atoms with E-state index in [1.54, 1.807) is 31.6 Å². The predicted molar refractivity (Wildman–Crippen MR) is 87.0 cm³/mol. The zero-order chi connectivity index (χ0) is 17.0. The van der Waals surface area contributed by atoms with Crippen molar-refractivity contribution in [1.29, 1.82) is 0 Å². The molecule has 0 unspecified atom stereocenters. The monoisotopic (exact) mass is 352 g/mol. The van der Waals surface area contributed by atoms with E-state index in [0.29, 0.717) is 24.8 Å². The van der Waals surface area contributed by atoms with E-state index in [1.165, 1.54) is 4.31 Å². The van der Waals surface area contributed by atoms with Crippen LogP contribution >= 0.6 is 0 Å². The number of aromatic nitrogens is 4. The molecule has 9 nitrogen and oxygen atoms in total. The van der Waals surface area contributed by atoms with E-state index >= 15 is 0 Å². The molecule has 3 rings (SSSR count). The van der Waals surface area contributed by atoms with Gasteiger partial charge in [-0.1, -0.05) is 0 Å². The molecule has 0 amide bonds. The summed E-state index contributed by atoms with van der Waals surface area (Å²) in [5.41, 5.74) is 0.815. The SMILES string of the molecule is COC[C@@H]1CCCN1S(=O)(=O)NCc1nc(-c2ccncc2)n[nH]1. The molecule has 2 N–H and O–H groups in total. The predicted octanol–water partition coefficient (Wildman–Crippen LogP) is 0.312. The molecule has 2 aromatic rings. The van der Waals surface area contributed by atoms with Gasteiger partial charge in [-0.3, -0.25) is 10.1 Å². The number of aromatic amines is 1. The molecule has 1 aliphatic heterocycles. The summed E-state index contributed by atoms with van der Waals surface area (Å²) in [6, 6.07) is 3.46. The van der Waals surface area contributed by atoms with E-state index in [4.69, 9.17) is 4.74 Å². The maximum atomic E-state index is 12.5. The van der Waals surface area contributed by atoms with Gasteiger partial charge in [-0.25, -0.2) is 4.98 Å². The van der Waals surface area contributed by atoms with Gasteiger partial charge in [0.25, 0.3) is 10.2 Å². The minimum absolute atomic E-state index is 0.0522. The van der Waals surface area contributed by atoms with Crippen molar-refractivity contribution in [2.24, 2.45) is 0 Å². The summed E-state index contributed by atoms with van der Waals surface area (Å²) < 4.78 is 34.0. The van der Waals surface area contributed by atoms with Gasteiger partial charge < -0.3 is 4.74 Å². The van der Waals surface area contributed by atoms with Crippen LogP contribution in [-0.2, 0) is 21.5 Å². The van der Waals surface area contributed by atoms with Crippen LogP contribution in [0, 0.1) is 0 Å². The summed E-state index contributed by atoms with van der Waals surface area (Å²) >= 11 is 0. The van der Waals surface area contributed by atoms with Crippen molar-refractivity contribution in [2.75, 3.05) is 20.3 Å². The number of hydrogen-bond donors (Lipinski definition) is 2. The minimum atomic E-state index is -3.58. The van der Waals surface area contributed by atoms with Crippen molar-refractivity contribution in [1.82, 2.24) is 29.2 Å². The fourth-order valence-corrected chi connectivity index (χ4v) is 4.14. The van der Waals surface area contributed by atoms with Crippen LogP contribution < -0.4 is 4.72 Å². The number of pyridine rings is 1. The smallest absolute Gasteiger partial charge is 0.280 e. The van der Waals surface area contributed by atoms with Crippen LogP contribution in [0.15, 0.2) is 24.5 Å². The molecule has 0 spiro atoms. The first-order valence-corrected chi connectivity index (χ1v) is 9.11. The maximum Gasteiger partial charge on any atom is 0.280 e. The number of methoxy groups -OCH3 is 1. The van der Waals surface area contributed by atoms with Crippen LogP contribution in [0.25, 0.3) is 11.4 Å². The average molecular weight is 352 g/mol. The molecule has 1 fully saturated rings. The Bertz CT molecular complexity index is 764. The Morgan fingerprint density at radius 2 is 2.21 bits per heavy atom. The van der Waals surface area contributed by atoms with Gasteiger partial charge >= 0.3 is 0 Å². The molecule has 0 bridgehead atoms. The first-order valence-electron chi connectivity index (χ1n) is 7.67. The average Bonchev–Trinajstić information content (AvgIpc) is 3.24. The van der Waals surface area contributed by atoms with Crippen molar-refractivity contribution < 1.29 is 13.2 Å². The number of rotatable bonds is 7. The van der Waals surface area contributed by atoms with Crippen LogP contribution in [0.4, 0.5) is 0 Å². The van der Waals surface area contributed by atoms with Gasteiger partial charge in [0.1, 0.15) is 5.82 Å². The third-order valence-electron chi connectivity index (χ3n) is 3.88. The highest BCUT2D eigenvalue weighted by atomic mass is 32.2. The highest BCUT2D eigenvalue weighted by Crippen LogP contribution is 2.20. The van der Waals surface area contributed by atoms with Crippen LogP contribution in [-0.4, -0.2) is 59.2 Å². The normalized spacial score (nSPS) is 19.0. The Kier molecular flexibility index (Phi) is 5.19. The number of nitrogens with one attached hydrogen (secondary N) is 2. The Labute approximate surface area is 140 Å². The second kappa shape index (κ2) is 7.34. The first kappa shape index (κ1) is 17.0. The van der Waals surface area contributed by atoms with Gasteiger partial charge in [0.2, 0.25) is 0 Å². The van der Waals surface area contributed by atoms with Gasteiger partial charge in [-0.2, -0.15) is 22.5 Å². The van der Waals surface area contributed by atoms with Gasteiger partial charge in [-0.05, 0) is 25.0 Å². The molecule has 3 heterocycles. The van der Waals surface area contributed by atoms with E-state index in [-0.39, 0.29) is 12.6 Å². The van der Waals surface area contributed by atoms with Crippen LogP contribution in [0.2, 0.25) is 0 Å². The van der Waals surface area contributed by atoms with Gasteiger partial charge in [-0.15, -0.1) is 0 Å². The van der Waals surface area contributed by atoms with E-state index in [9.17, 15) is 8.42 Å². The summed E-state index contributed by atoms with van der Waals surface area (Å²) in [6.07, 6.45) is 4.95. The number of hydrogen-bond acceptors (Lipinski definition) is 6. The quantitative estimate of drug-likeness (QED) is 0.741. The van der Waals surface area contributed by atoms with Crippen LogP contribution in [0.1, 0.15) is 18.7 Å².